The molecule has 0 bridgehead atoms. The predicted octanol–water partition coefficient (Wildman–Crippen LogP) is 3.40. The van der Waals surface area contributed by atoms with Gasteiger partial charge in [-0.15, -0.1) is 0 Å². The van der Waals surface area contributed by atoms with E-state index in [0.29, 0.717) is 37.2 Å². The Bertz CT molecular complexity index is 1020. The van der Waals surface area contributed by atoms with E-state index < -0.39 is 17.8 Å². The molecule has 182 valence electrons. The standard InChI is InChI=1S/C26H32FN3O4/c1-4-17(2)28-25(32)23(29-24(31)19-9-5-7-11-21(19)27)18-13-15-30(16-14-18)26(33)20-10-6-8-12-22(20)34-3/h5-12,17-18,23H,4,13-16H2,1-3H3,(H,28,32)(H,29,31)/t17-,23-/m1/s1. The van der Waals surface area contributed by atoms with E-state index in [1.807, 2.05) is 13.8 Å². The van der Waals surface area contributed by atoms with Gasteiger partial charge in [-0.2, -0.15) is 0 Å². The zero-order valence-electron chi connectivity index (χ0n) is 19.8. The van der Waals surface area contributed by atoms with Gasteiger partial charge < -0.3 is 20.3 Å². The highest BCUT2D eigenvalue weighted by molar-refractivity contribution is 5.98. The van der Waals surface area contributed by atoms with Crippen LogP contribution in [-0.4, -0.2) is 54.9 Å². The molecular weight excluding hydrogens is 437 g/mol. The Morgan fingerprint density at radius 3 is 2.26 bits per heavy atom. The maximum Gasteiger partial charge on any atom is 0.257 e. The number of hydrogen-bond donors (Lipinski definition) is 2. The smallest absolute Gasteiger partial charge is 0.257 e. The highest BCUT2D eigenvalue weighted by Crippen LogP contribution is 2.26. The fourth-order valence-corrected chi connectivity index (χ4v) is 4.12. The number of carbonyl (C=O) groups excluding carboxylic acids is 3. The number of para-hydroxylation sites is 1. The van der Waals surface area contributed by atoms with E-state index in [1.165, 1.54) is 25.3 Å². The average molecular weight is 470 g/mol. The SMILES string of the molecule is CC[C@@H](C)NC(=O)[C@H](NC(=O)c1ccccc1F)C1CCN(C(=O)c2ccccc2OC)CC1. The normalized spacial score (nSPS) is 15.8. The van der Waals surface area contributed by atoms with Crippen LogP contribution in [-0.2, 0) is 4.79 Å². The molecule has 1 fully saturated rings. The lowest BCUT2D eigenvalue weighted by Gasteiger charge is -2.36. The molecule has 2 aromatic carbocycles. The van der Waals surface area contributed by atoms with Crippen molar-refractivity contribution in [2.24, 2.45) is 5.92 Å². The molecular formula is C26H32FN3O4. The molecule has 1 aliphatic rings. The first-order valence-electron chi connectivity index (χ1n) is 11.6. The number of hydrogen-bond acceptors (Lipinski definition) is 4. The minimum absolute atomic E-state index is 0.0624. The van der Waals surface area contributed by atoms with E-state index >= 15 is 0 Å². The predicted molar refractivity (Wildman–Crippen MR) is 127 cm³/mol. The number of amides is 3. The molecule has 3 rings (SSSR count). The van der Waals surface area contributed by atoms with Crippen molar-refractivity contribution in [1.82, 2.24) is 15.5 Å². The number of ether oxygens (including phenoxy) is 1. The van der Waals surface area contributed by atoms with Gasteiger partial charge in [0.25, 0.3) is 11.8 Å². The van der Waals surface area contributed by atoms with Gasteiger partial charge in [0.2, 0.25) is 5.91 Å². The molecule has 8 heteroatoms. The van der Waals surface area contributed by atoms with Crippen LogP contribution in [0.3, 0.4) is 0 Å². The van der Waals surface area contributed by atoms with Crippen LogP contribution in [0.4, 0.5) is 4.39 Å². The Labute approximate surface area is 199 Å². The van der Waals surface area contributed by atoms with Crippen molar-refractivity contribution in [2.75, 3.05) is 20.2 Å². The van der Waals surface area contributed by atoms with Gasteiger partial charge in [0.05, 0.1) is 18.2 Å². The number of rotatable bonds is 8. The largest absolute Gasteiger partial charge is 0.496 e. The second kappa shape index (κ2) is 11.6. The van der Waals surface area contributed by atoms with Crippen LogP contribution >= 0.6 is 0 Å². The summed E-state index contributed by atoms with van der Waals surface area (Å²) in [7, 11) is 1.52. The Balaban J connectivity index is 1.73. The first-order valence-corrected chi connectivity index (χ1v) is 11.6. The summed E-state index contributed by atoms with van der Waals surface area (Å²) in [4.78, 5) is 40.6. The molecule has 2 atom stereocenters. The average Bonchev–Trinajstić information content (AvgIpc) is 2.86. The topological polar surface area (TPSA) is 87.7 Å². The number of nitrogens with one attached hydrogen (secondary N) is 2. The van der Waals surface area contributed by atoms with Crippen LogP contribution in [0.1, 0.15) is 53.8 Å². The number of halogens is 1. The summed E-state index contributed by atoms with van der Waals surface area (Å²) >= 11 is 0. The molecule has 0 aliphatic carbocycles. The van der Waals surface area contributed by atoms with Crippen LogP contribution in [0, 0.1) is 11.7 Å². The van der Waals surface area contributed by atoms with Crippen LogP contribution in [0.5, 0.6) is 5.75 Å². The van der Waals surface area contributed by atoms with Crippen molar-refractivity contribution in [3.8, 4) is 5.75 Å². The first-order chi connectivity index (χ1) is 16.3. The Morgan fingerprint density at radius 1 is 1.03 bits per heavy atom. The second-order valence-corrected chi connectivity index (χ2v) is 8.58. The van der Waals surface area contributed by atoms with Gasteiger partial charge in [0, 0.05) is 19.1 Å². The Hall–Kier alpha value is -3.42. The van der Waals surface area contributed by atoms with E-state index in [0.717, 1.165) is 6.42 Å². The number of benzene rings is 2. The van der Waals surface area contributed by atoms with E-state index in [9.17, 15) is 18.8 Å². The van der Waals surface area contributed by atoms with Gasteiger partial charge in [-0.05, 0) is 56.4 Å². The Kier molecular flexibility index (Phi) is 8.62. The molecule has 1 aliphatic heterocycles. The number of nitrogens with zero attached hydrogens (tertiary/aromatic N) is 1. The number of likely N-dealkylation sites (tertiary alicyclic amines) is 1. The van der Waals surface area contributed by atoms with E-state index in [2.05, 4.69) is 10.6 Å². The summed E-state index contributed by atoms with van der Waals surface area (Å²) in [5.74, 6) is -1.38. The third kappa shape index (κ3) is 5.92. The van der Waals surface area contributed by atoms with E-state index in [4.69, 9.17) is 4.74 Å². The molecule has 0 radical (unpaired) electrons. The summed E-state index contributed by atoms with van der Waals surface area (Å²) in [6.45, 7) is 4.72. The molecule has 7 nitrogen and oxygen atoms in total. The van der Waals surface area contributed by atoms with Crippen molar-refractivity contribution in [2.45, 2.75) is 45.2 Å². The van der Waals surface area contributed by atoms with Crippen molar-refractivity contribution < 1.29 is 23.5 Å². The molecule has 1 heterocycles. The number of piperidine rings is 1. The van der Waals surface area contributed by atoms with E-state index in [1.54, 1.807) is 35.2 Å². The number of carbonyl (C=O) groups is 3. The molecule has 2 aromatic rings. The monoisotopic (exact) mass is 469 g/mol. The van der Waals surface area contributed by atoms with Gasteiger partial charge in [0.15, 0.2) is 0 Å². The van der Waals surface area contributed by atoms with Gasteiger partial charge in [-0.1, -0.05) is 31.2 Å². The summed E-state index contributed by atoms with van der Waals surface area (Å²) in [6.07, 6.45) is 1.79. The fraction of sp³-hybridized carbons (Fsp3) is 0.423. The Morgan fingerprint density at radius 2 is 1.65 bits per heavy atom. The van der Waals surface area contributed by atoms with Crippen LogP contribution in [0.15, 0.2) is 48.5 Å². The lowest BCUT2D eigenvalue weighted by molar-refractivity contribution is -0.125. The van der Waals surface area contributed by atoms with Crippen LogP contribution < -0.4 is 15.4 Å². The fourth-order valence-electron chi connectivity index (χ4n) is 4.12. The molecule has 1 saturated heterocycles. The van der Waals surface area contributed by atoms with Crippen LogP contribution in [0.2, 0.25) is 0 Å². The molecule has 0 aromatic heterocycles. The summed E-state index contributed by atoms with van der Waals surface area (Å²) in [6, 6.07) is 11.9. The number of methoxy groups -OCH3 is 1. The minimum Gasteiger partial charge on any atom is -0.496 e. The van der Waals surface area contributed by atoms with Gasteiger partial charge in [-0.25, -0.2) is 4.39 Å². The molecule has 3 amide bonds. The van der Waals surface area contributed by atoms with Gasteiger partial charge in [0.1, 0.15) is 17.6 Å². The van der Waals surface area contributed by atoms with Gasteiger partial charge >= 0.3 is 0 Å². The van der Waals surface area contributed by atoms with Crippen molar-refractivity contribution >= 4 is 17.7 Å². The molecule has 0 unspecified atom stereocenters. The third-order valence-electron chi connectivity index (χ3n) is 6.32. The summed E-state index contributed by atoms with van der Waals surface area (Å²) < 4.78 is 19.5. The molecule has 34 heavy (non-hydrogen) atoms. The molecule has 2 N–H and O–H groups in total. The molecule has 0 saturated carbocycles. The van der Waals surface area contributed by atoms with E-state index in [-0.39, 0.29) is 29.3 Å². The van der Waals surface area contributed by atoms with Gasteiger partial charge in [-0.3, -0.25) is 14.4 Å². The first kappa shape index (κ1) is 25.2. The molecule has 0 spiro atoms. The third-order valence-corrected chi connectivity index (χ3v) is 6.32. The van der Waals surface area contributed by atoms with Crippen molar-refractivity contribution in [3.63, 3.8) is 0 Å². The highest BCUT2D eigenvalue weighted by Gasteiger charge is 2.35. The quantitative estimate of drug-likeness (QED) is 0.620. The second-order valence-electron chi connectivity index (χ2n) is 8.58. The highest BCUT2D eigenvalue weighted by atomic mass is 19.1. The van der Waals surface area contributed by atoms with Crippen LogP contribution in [0.25, 0.3) is 0 Å². The maximum absolute atomic E-state index is 14.1. The summed E-state index contributed by atoms with van der Waals surface area (Å²) in [5.41, 5.74) is 0.384. The lowest BCUT2D eigenvalue weighted by atomic mass is 9.88. The van der Waals surface area contributed by atoms with Crippen molar-refractivity contribution in [3.05, 3.63) is 65.5 Å². The van der Waals surface area contributed by atoms with Crippen molar-refractivity contribution in [1.29, 1.82) is 0 Å². The lowest BCUT2D eigenvalue weighted by Crippen LogP contribution is -2.55. The minimum atomic E-state index is -0.829. The zero-order valence-corrected chi connectivity index (χ0v) is 19.8. The summed E-state index contributed by atoms with van der Waals surface area (Å²) in [5, 5.41) is 5.68. The zero-order chi connectivity index (χ0) is 24.7. The maximum atomic E-state index is 14.1.